The molecule has 2 N–H and O–H groups in total. The molecule has 0 fully saturated rings. The van der Waals surface area contributed by atoms with E-state index in [1.807, 2.05) is 6.92 Å². The van der Waals surface area contributed by atoms with Gasteiger partial charge in [0.25, 0.3) is 0 Å². The topological polar surface area (TPSA) is 74.8 Å². The lowest BCUT2D eigenvalue weighted by molar-refractivity contribution is -0.00346. The van der Waals surface area contributed by atoms with Crippen molar-refractivity contribution in [2.45, 2.75) is 32.6 Å². The molecular weight excluding hydrogens is 176 g/mol. The predicted molar refractivity (Wildman–Crippen MR) is 57.3 cm³/mol. The van der Waals surface area contributed by atoms with Crippen molar-refractivity contribution in [3.05, 3.63) is 16.8 Å². The molecule has 0 bridgehead atoms. The first-order valence-corrected chi connectivity index (χ1v) is 4.91. The predicted octanol–water partition coefficient (Wildman–Crippen LogP) is 1.53. The van der Waals surface area contributed by atoms with Gasteiger partial charge in [0, 0.05) is 5.70 Å². The first-order valence-electron chi connectivity index (χ1n) is 4.91. The van der Waals surface area contributed by atoms with E-state index in [2.05, 4.69) is 9.78 Å². The lowest BCUT2D eigenvalue weighted by Crippen LogP contribution is -2.09. The van der Waals surface area contributed by atoms with Crippen molar-refractivity contribution >= 4 is 11.9 Å². The summed E-state index contributed by atoms with van der Waals surface area (Å²) in [5.74, 6) is 0. The van der Waals surface area contributed by atoms with Gasteiger partial charge in [-0.05, 0) is 38.3 Å². The van der Waals surface area contributed by atoms with E-state index in [0.29, 0.717) is 12.1 Å². The minimum atomic E-state index is 0.630. The van der Waals surface area contributed by atoms with Gasteiger partial charge in [0.2, 0.25) is 0 Å². The standard InChI is InChI=1S/C10H16N4/c1-8-6-9(14-12)7-13-10(8)4-2-3-5-11/h7H,2-6,11H2,1H3. The molecule has 0 radical (unpaired) electrons. The highest BCUT2D eigenvalue weighted by Crippen LogP contribution is 2.19. The Morgan fingerprint density at radius 3 is 2.93 bits per heavy atom. The first-order chi connectivity index (χ1) is 6.77. The minimum absolute atomic E-state index is 0.630. The van der Waals surface area contributed by atoms with Crippen LogP contribution in [0.1, 0.15) is 32.6 Å². The lowest BCUT2D eigenvalue weighted by atomic mass is 10.0. The van der Waals surface area contributed by atoms with Gasteiger partial charge in [0.15, 0.2) is 0 Å². The Labute approximate surface area is 84.1 Å². The Kier molecular flexibility index (Phi) is 4.23. The molecule has 0 aromatic carbocycles. The van der Waals surface area contributed by atoms with Crippen molar-refractivity contribution < 1.29 is 4.79 Å². The van der Waals surface area contributed by atoms with Crippen LogP contribution in [0.25, 0.3) is 5.53 Å². The van der Waals surface area contributed by atoms with Gasteiger partial charge >= 0.3 is 5.71 Å². The highest BCUT2D eigenvalue weighted by atomic mass is 14.9. The summed E-state index contributed by atoms with van der Waals surface area (Å²) < 4.78 is 0. The molecule has 1 aliphatic heterocycles. The molecule has 0 saturated carbocycles. The summed E-state index contributed by atoms with van der Waals surface area (Å²) in [5, 5.41) is 0. The van der Waals surface area contributed by atoms with Gasteiger partial charge in [-0.3, -0.25) is 4.99 Å². The largest absolute Gasteiger partial charge is 0.361 e. The summed E-state index contributed by atoms with van der Waals surface area (Å²) >= 11 is 0. The van der Waals surface area contributed by atoms with Crippen molar-refractivity contribution in [1.29, 1.82) is 0 Å². The summed E-state index contributed by atoms with van der Waals surface area (Å²) in [6.07, 6.45) is 5.42. The second kappa shape index (κ2) is 5.47. The van der Waals surface area contributed by atoms with Crippen LogP contribution in [0.4, 0.5) is 0 Å². The van der Waals surface area contributed by atoms with Crippen LogP contribution < -0.4 is 5.73 Å². The van der Waals surface area contributed by atoms with Crippen molar-refractivity contribution in [3.8, 4) is 0 Å². The Balaban J connectivity index is 2.54. The summed E-state index contributed by atoms with van der Waals surface area (Å²) in [5.41, 5.74) is 16.9. The molecule has 4 heteroatoms. The van der Waals surface area contributed by atoms with Gasteiger partial charge < -0.3 is 11.3 Å². The van der Waals surface area contributed by atoms with E-state index in [1.54, 1.807) is 6.21 Å². The number of rotatable bonds is 4. The van der Waals surface area contributed by atoms with E-state index in [4.69, 9.17) is 11.3 Å². The van der Waals surface area contributed by atoms with Crippen LogP contribution in [0.2, 0.25) is 0 Å². The Hall–Kier alpha value is -1.25. The fourth-order valence-electron chi connectivity index (χ4n) is 1.46. The lowest BCUT2D eigenvalue weighted by Gasteiger charge is -2.08. The fraction of sp³-hybridized carbons (Fsp3) is 0.600. The van der Waals surface area contributed by atoms with Crippen LogP contribution in [0, 0.1) is 0 Å². The Morgan fingerprint density at radius 1 is 1.57 bits per heavy atom. The molecule has 4 nitrogen and oxygen atoms in total. The third-order valence-electron chi connectivity index (χ3n) is 2.30. The van der Waals surface area contributed by atoms with Gasteiger partial charge in [-0.25, -0.2) is 0 Å². The number of unbranched alkanes of at least 4 members (excludes halogenated alkanes) is 1. The SMILES string of the molecule is CC1=C(CCCCN)N=CC(=[N+]=[N-])C1. The number of hydrogen-bond donors (Lipinski definition) is 1. The van der Waals surface area contributed by atoms with Gasteiger partial charge in [0.05, 0.1) is 6.42 Å². The van der Waals surface area contributed by atoms with E-state index in [1.165, 1.54) is 5.57 Å². The third kappa shape index (κ3) is 2.91. The summed E-state index contributed by atoms with van der Waals surface area (Å²) in [6.45, 7) is 2.76. The van der Waals surface area contributed by atoms with E-state index < -0.39 is 0 Å². The zero-order valence-corrected chi connectivity index (χ0v) is 8.53. The molecule has 0 aromatic heterocycles. The zero-order valence-electron chi connectivity index (χ0n) is 8.53. The molecule has 0 saturated heterocycles. The molecule has 0 atom stereocenters. The van der Waals surface area contributed by atoms with E-state index in [9.17, 15) is 0 Å². The van der Waals surface area contributed by atoms with Crippen molar-refractivity contribution in [3.63, 3.8) is 0 Å². The number of nitrogens with zero attached hydrogens (tertiary/aromatic N) is 3. The molecule has 1 rings (SSSR count). The molecular formula is C10H16N4. The zero-order chi connectivity index (χ0) is 10.4. The fourth-order valence-corrected chi connectivity index (χ4v) is 1.46. The second-order valence-electron chi connectivity index (χ2n) is 3.50. The minimum Gasteiger partial charge on any atom is -0.361 e. The first kappa shape index (κ1) is 10.8. The van der Waals surface area contributed by atoms with E-state index >= 15 is 0 Å². The maximum atomic E-state index is 8.57. The van der Waals surface area contributed by atoms with Crippen LogP contribution in [-0.2, 0) is 0 Å². The van der Waals surface area contributed by atoms with Crippen molar-refractivity contribution in [2.75, 3.05) is 6.54 Å². The number of hydrogen-bond acceptors (Lipinski definition) is 2. The summed E-state index contributed by atoms with van der Waals surface area (Å²) in [7, 11) is 0. The summed E-state index contributed by atoms with van der Waals surface area (Å²) in [6, 6.07) is 0. The smallest absolute Gasteiger partial charge is 0.314 e. The van der Waals surface area contributed by atoms with Gasteiger partial charge in [-0.2, -0.15) is 4.79 Å². The van der Waals surface area contributed by atoms with Gasteiger partial charge in [-0.1, -0.05) is 0 Å². The summed E-state index contributed by atoms with van der Waals surface area (Å²) in [4.78, 5) is 7.40. The molecule has 0 aromatic rings. The maximum absolute atomic E-state index is 8.57. The molecule has 0 unspecified atom stereocenters. The molecule has 14 heavy (non-hydrogen) atoms. The van der Waals surface area contributed by atoms with Crippen LogP contribution in [-0.4, -0.2) is 23.3 Å². The number of aliphatic imine (C=N–C) groups is 1. The van der Waals surface area contributed by atoms with Crippen molar-refractivity contribution in [2.24, 2.45) is 10.7 Å². The molecule has 0 aliphatic carbocycles. The highest BCUT2D eigenvalue weighted by molar-refractivity contribution is 6.29. The van der Waals surface area contributed by atoms with Gasteiger partial charge in [0.1, 0.15) is 6.21 Å². The highest BCUT2D eigenvalue weighted by Gasteiger charge is 2.14. The molecule has 76 valence electrons. The molecule has 1 aliphatic rings. The van der Waals surface area contributed by atoms with Crippen LogP contribution in [0.15, 0.2) is 16.3 Å². The Morgan fingerprint density at radius 2 is 2.36 bits per heavy atom. The van der Waals surface area contributed by atoms with E-state index in [0.717, 1.165) is 31.5 Å². The van der Waals surface area contributed by atoms with E-state index in [-0.39, 0.29) is 0 Å². The average Bonchev–Trinajstić information content (AvgIpc) is 2.20. The quantitative estimate of drug-likeness (QED) is 0.409. The van der Waals surface area contributed by atoms with Crippen LogP contribution in [0.3, 0.4) is 0 Å². The normalized spacial score (nSPS) is 16.0. The third-order valence-corrected chi connectivity index (χ3v) is 2.30. The molecule has 1 heterocycles. The average molecular weight is 192 g/mol. The number of allylic oxidation sites excluding steroid dienone is 2. The molecule has 0 spiro atoms. The van der Waals surface area contributed by atoms with Crippen LogP contribution in [0.5, 0.6) is 0 Å². The van der Waals surface area contributed by atoms with Crippen molar-refractivity contribution in [1.82, 2.24) is 0 Å². The Bertz CT molecular complexity index is 308. The van der Waals surface area contributed by atoms with Gasteiger partial charge in [-0.15, -0.1) is 0 Å². The van der Waals surface area contributed by atoms with Crippen LogP contribution >= 0.6 is 0 Å². The number of nitrogens with two attached hydrogens (primary N) is 1. The molecule has 0 amide bonds. The maximum Gasteiger partial charge on any atom is 0.314 e. The second-order valence-corrected chi connectivity index (χ2v) is 3.50. The monoisotopic (exact) mass is 192 g/mol.